The first-order valence-corrected chi connectivity index (χ1v) is 6.78. The van der Waals surface area contributed by atoms with Gasteiger partial charge in [0.1, 0.15) is 5.75 Å². The highest BCUT2D eigenvalue weighted by Crippen LogP contribution is 2.37. The first-order valence-electron chi connectivity index (χ1n) is 6.78. The maximum Gasteiger partial charge on any atom is 0.124 e. The molecule has 0 amide bonds. The van der Waals surface area contributed by atoms with Crippen molar-refractivity contribution in [3.8, 4) is 5.75 Å². The fraction of sp³-hybridized carbons (Fsp3) is 0.294. The van der Waals surface area contributed by atoms with Crippen molar-refractivity contribution < 1.29 is 4.74 Å². The number of ether oxygens (including phenoxy) is 1. The van der Waals surface area contributed by atoms with Gasteiger partial charge in [0, 0.05) is 17.8 Å². The molecule has 1 heterocycles. The van der Waals surface area contributed by atoms with Gasteiger partial charge in [0.2, 0.25) is 0 Å². The van der Waals surface area contributed by atoms with Crippen molar-refractivity contribution in [2.75, 3.05) is 18.6 Å². The maximum atomic E-state index is 5.49. The van der Waals surface area contributed by atoms with E-state index in [1.807, 2.05) is 12.1 Å². The van der Waals surface area contributed by atoms with Crippen LogP contribution in [0.1, 0.15) is 24.1 Å². The molecule has 1 unspecified atom stereocenters. The standard InChI is InChI=1S/C17H19NO/c1-13(15-8-4-6-10-17(15)19-2)18-12-11-14-7-3-5-9-16(14)18/h3-10,13H,11-12H2,1-2H3. The molecule has 2 heteroatoms. The highest BCUT2D eigenvalue weighted by Gasteiger charge is 2.25. The predicted octanol–water partition coefficient (Wildman–Crippen LogP) is 3.82. The number of nitrogens with zero attached hydrogens (tertiary/aromatic N) is 1. The average molecular weight is 253 g/mol. The van der Waals surface area contributed by atoms with E-state index in [1.165, 1.54) is 16.8 Å². The molecule has 0 N–H and O–H groups in total. The molecular formula is C17H19NO. The number of hydrogen-bond donors (Lipinski definition) is 0. The molecule has 2 aromatic rings. The second-order valence-electron chi connectivity index (χ2n) is 4.99. The lowest BCUT2D eigenvalue weighted by molar-refractivity contribution is 0.406. The fourth-order valence-electron chi connectivity index (χ4n) is 2.95. The quantitative estimate of drug-likeness (QED) is 0.824. The van der Waals surface area contributed by atoms with Gasteiger partial charge in [-0.1, -0.05) is 36.4 Å². The minimum absolute atomic E-state index is 0.333. The van der Waals surface area contributed by atoms with Gasteiger partial charge in [0.15, 0.2) is 0 Å². The van der Waals surface area contributed by atoms with Crippen LogP contribution in [0.3, 0.4) is 0 Å². The molecule has 0 aliphatic carbocycles. The van der Waals surface area contributed by atoms with Crippen molar-refractivity contribution in [1.82, 2.24) is 0 Å². The Hall–Kier alpha value is -1.96. The van der Waals surface area contributed by atoms with Crippen LogP contribution in [0.15, 0.2) is 48.5 Å². The van der Waals surface area contributed by atoms with Crippen LogP contribution in [0.4, 0.5) is 5.69 Å². The third kappa shape index (κ3) is 2.07. The van der Waals surface area contributed by atoms with Gasteiger partial charge in [-0.3, -0.25) is 0 Å². The lowest BCUT2D eigenvalue weighted by Crippen LogP contribution is -2.24. The minimum Gasteiger partial charge on any atom is -0.496 e. The summed E-state index contributed by atoms with van der Waals surface area (Å²) in [6.07, 6.45) is 1.13. The first-order chi connectivity index (χ1) is 9.31. The second kappa shape index (κ2) is 4.96. The molecule has 2 aromatic carbocycles. The van der Waals surface area contributed by atoms with Crippen LogP contribution in [0.5, 0.6) is 5.75 Å². The van der Waals surface area contributed by atoms with E-state index in [-0.39, 0.29) is 0 Å². The monoisotopic (exact) mass is 253 g/mol. The zero-order valence-electron chi connectivity index (χ0n) is 11.5. The summed E-state index contributed by atoms with van der Waals surface area (Å²) in [7, 11) is 1.74. The number of rotatable bonds is 3. The Bertz CT molecular complexity index is 579. The molecule has 0 saturated carbocycles. The highest BCUT2D eigenvalue weighted by molar-refractivity contribution is 5.60. The molecule has 1 aliphatic rings. The topological polar surface area (TPSA) is 12.5 Å². The normalized spacial score (nSPS) is 15.2. The van der Waals surface area contributed by atoms with Crippen molar-refractivity contribution >= 4 is 5.69 Å². The van der Waals surface area contributed by atoms with Crippen molar-refractivity contribution in [2.24, 2.45) is 0 Å². The lowest BCUT2D eigenvalue weighted by Gasteiger charge is -2.28. The van der Waals surface area contributed by atoms with E-state index < -0.39 is 0 Å². The molecule has 1 aliphatic heterocycles. The van der Waals surface area contributed by atoms with Crippen LogP contribution < -0.4 is 9.64 Å². The van der Waals surface area contributed by atoms with E-state index in [2.05, 4.69) is 48.2 Å². The Morgan fingerprint density at radius 2 is 1.79 bits per heavy atom. The Kier molecular flexibility index (Phi) is 3.16. The Balaban J connectivity index is 1.95. The largest absolute Gasteiger partial charge is 0.496 e. The van der Waals surface area contributed by atoms with Gasteiger partial charge in [-0.2, -0.15) is 0 Å². The third-order valence-electron chi connectivity index (χ3n) is 3.98. The van der Waals surface area contributed by atoms with Gasteiger partial charge in [0.05, 0.1) is 13.2 Å². The summed E-state index contributed by atoms with van der Waals surface area (Å²) in [4.78, 5) is 2.47. The average Bonchev–Trinajstić information content (AvgIpc) is 2.90. The van der Waals surface area contributed by atoms with E-state index in [1.54, 1.807) is 7.11 Å². The lowest BCUT2D eigenvalue weighted by atomic mass is 10.1. The summed E-state index contributed by atoms with van der Waals surface area (Å²) in [6.45, 7) is 3.33. The van der Waals surface area contributed by atoms with Crippen molar-refractivity contribution in [1.29, 1.82) is 0 Å². The Morgan fingerprint density at radius 1 is 1.05 bits per heavy atom. The molecule has 98 valence electrons. The third-order valence-corrected chi connectivity index (χ3v) is 3.98. The second-order valence-corrected chi connectivity index (χ2v) is 4.99. The molecule has 0 bridgehead atoms. The number of hydrogen-bond acceptors (Lipinski definition) is 2. The summed E-state index contributed by atoms with van der Waals surface area (Å²) >= 11 is 0. The molecule has 0 fully saturated rings. The van der Waals surface area contributed by atoms with Crippen molar-refractivity contribution in [3.05, 3.63) is 59.7 Å². The van der Waals surface area contributed by atoms with Crippen LogP contribution in [0.25, 0.3) is 0 Å². The maximum absolute atomic E-state index is 5.49. The number of fused-ring (bicyclic) bond motifs is 1. The SMILES string of the molecule is COc1ccccc1C(C)N1CCc2ccccc21. The first kappa shape index (κ1) is 12.1. The van der Waals surface area contributed by atoms with Gasteiger partial charge < -0.3 is 9.64 Å². The molecule has 19 heavy (non-hydrogen) atoms. The van der Waals surface area contributed by atoms with Gasteiger partial charge in [-0.05, 0) is 31.0 Å². The molecule has 3 rings (SSSR count). The van der Waals surface area contributed by atoms with Gasteiger partial charge >= 0.3 is 0 Å². The zero-order valence-corrected chi connectivity index (χ0v) is 11.5. The predicted molar refractivity (Wildman–Crippen MR) is 78.9 cm³/mol. The fourth-order valence-corrected chi connectivity index (χ4v) is 2.95. The minimum atomic E-state index is 0.333. The van der Waals surface area contributed by atoms with Crippen LogP contribution >= 0.6 is 0 Å². The summed E-state index contributed by atoms with van der Waals surface area (Å²) in [5.41, 5.74) is 4.06. The van der Waals surface area contributed by atoms with Crippen LogP contribution in [0.2, 0.25) is 0 Å². The number of anilines is 1. The molecular weight excluding hydrogens is 234 g/mol. The summed E-state index contributed by atoms with van der Waals surface area (Å²) in [6, 6.07) is 17.3. The number of methoxy groups -OCH3 is 1. The summed E-state index contributed by atoms with van der Waals surface area (Å²) < 4.78 is 5.49. The van der Waals surface area contributed by atoms with E-state index in [9.17, 15) is 0 Å². The van der Waals surface area contributed by atoms with E-state index in [4.69, 9.17) is 4.74 Å². The molecule has 1 atom stereocenters. The molecule has 0 saturated heterocycles. The molecule has 2 nitrogen and oxygen atoms in total. The van der Waals surface area contributed by atoms with Gasteiger partial charge in [-0.15, -0.1) is 0 Å². The van der Waals surface area contributed by atoms with Gasteiger partial charge in [-0.25, -0.2) is 0 Å². The van der Waals surface area contributed by atoms with E-state index in [0.717, 1.165) is 18.7 Å². The van der Waals surface area contributed by atoms with Crippen LogP contribution in [-0.2, 0) is 6.42 Å². The molecule has 0 radical (unpaired) electrons. The smallest absolute Gasteiger partial charge is 0.124 e. The van der Waals surface area contributed by atoms with Crippen LogP contribution in [-0.4, -0.2) is 13.7 Å². The molecule has 0 spiro atoms. The Labute approximate surface area is 114 Å². The van der Waals surface area contributed by atoms with Gasteiger partial charge in [0.25, 0.3) is 0 Å². The molecule has 0 aromatic heterocycles. The van der Waals surface area contributed by atoms with Crippen molar-refractivity contribution in [3.63, 3.8) is 0 Å². The zero-order chi connectivity index (χ0) is 13.2. The number of para-hydroxylation sites is 2. The number of benzene rings is 2. The summed E-state index contributed by atoms with van der Waals surface area (Å²) in [5.74, 6) is 0.972. The summed E-state index contributed by atoms with van der Waals surface area (Å²) in [5, 5.41) is 0. The van der Waals surface area contributed by atoms with Crippen LogP contribution in [0, 0.1) is 0 Å². The van der Waals surface area contributed by atoms with E-state index >= 15 is 0 Å². The Morgan fingerprint density at radius 3 is 2.63 bits per heavy atom. The van der Waals surface area contributed by atoms with E-state index in [0.29, 0.717) is 6.04 Å². The highest BCUT2D eigenvalue weighted by atomic mass is 16.5. The van der Waals surface area contributed by atoms with Crippen molar-refractivity contribution in [2.45, 2.75) is 19.4 Å².